The summed E-state index contributed by atoms with van der Waals surface area (Å²) in [5.41, 5.74) is 2.55. The minimum atomic E-state index is -0.199. The quantitative estimate of drug-likeness (QED) is 0.686. The van der Waals surface area contributed by atoms with Gasteiger partial charge in [0.15, 0.2) is 0 Å². The summed E-state index contributed by atoms with van der Waals surface area (Å²) in [6, 6.07) is 6.92. The number of amides is 1. The first-order valence-electron chi connectivity index (χ1n) is 11.6. The van der Waals surface area contributed by atoms with Gasteiger partial charge in [0.1, 0.15) is 17.5 Å². The molecule has 6 heteroatoms. The number of aromatic nitrogens is 2. The van der Waals surface area contributed by atoms with Gasteiger partial charge in [-0.05, 0) is 37.8 Å². The molecule has 2 aliphatic rings. The molecule has 31 heavy (non-hydrogen) atoms. The average Bonchev–Trinajstić information content (AvgIpc) is 2.74. The van der Waals surface area contributed by atoms with Crippen molar-refractivity contribution in [2.75, 3.05) is 31.1 Å². The Balaban J connectivity index is 1.60. The van der Waals surface area contributed by atoms with E-state index in [2.05, 4.69) is 18.7 Å². The van der Waals surface area contributed by atoms with Gasteiger partial charge in [0.2, 0.25) is 5.91 Å². The lowest BCUT2D eigenvalue weighted by Crippen LogP contribution is -2.51. The third kappa shape index (κ3) is 4.58. The van der Waals surface area contributed by atoms with Crippen molar-refractivity contribution >= 4 is 11.7 Å². The Hall–Kier alpha value is -2.50. The van der Waals surface area contributed by atoms with Gasteiger partial charge in [0.05, 0.1) is 0 Å². The molecule has 4 rings (SSSR count). The van der Waals surface area contributed by atoms with E-state index in [9.17, 15) is 9.18 Å². The highest BCUT2D eigenvalue weighted by atomic mass is 19.1. The Morgan fingerprint density at radius 2 is 1.87 bits per heavy atom. The zero-order chi connectivity index (χ0) is 22.0. The maximum atomic E-state index is 14.4. The van der Waals surface area contributed by atoms with Gasteiger partial charge < -0.3 is 9.80 Å². The van der Waals surface area contributed by atoms with E-state index in [0.29, 0.717) is 17.9 Å². The monoisotopic (exact) mass is 424 g/mol. The highest BCUT2D eigenvalue weighted by Crippen LogP contribution is 2.31. The van der Waals surface area contributed by atoms with Crippen molar-refractivity contribution in [3.8, 4) is 0 Å². The summed E-state index contributed by atoms with van der Waals surface area (Å²) < 4.78 is 14.4. The fraction of sp³-hybridized carbons (Fsp3) is 0.560. The standard InChI is InChI=1S/C25H33FN4O/c1-4-17(2)23-27-18(3)21(16-20-8-5-6-11-22(20)26)24(28-23)29-12-14-30(15-13-29)25(31)19-9-7-10-19/h5-6,8,11,17,19H,4,7,9-10,12-16H2,1-3H3. The van der Waals surface area contributed by atoms with Crippen molar-refractivity contribution in [2.24, 2.45) is 5.92 Å². The predicted molar refractivity (Wildman–Crippen MR) is 121 cm³/mol. The van der Waals surface area contributed by atoms with Crippen LogP contribution in [0, 0.1) is 18.7 Å². The van der Waals surface area contributed by atoms with Crippen LogP contribution in [0.4, 0.5) is 10.2 Å². The lowest BCUT2D eigenvalue weighted by atomic mass is 9.84. The summed E-state index contributed by atoms with van der Waals surface area (Å²) in [6.45, 7) is 9.22. The van der Waals surface area contributed by atoms with E-state index in [1.165, 1.54) is 12.5 Å². The molecule has 0 N–H and O–H groups in total. The molecule has 5 nitrogen and oxygen atoms in total. The molecule has 166 valence electrons. The van der Waals surface area contributed by atoms with Crippen LogP contribution in [0.25, 0.3) is 0 Å². The third-order valence-corrected chi connectivity index (χ3v) is 6.93. The van der Waals surface area contributed by atoms with Crippen LogP contribution in [0.1, 0.15) is 68.1 Å². The molecule has 0 radical (unpaired) electrons. The van der Waals surface area contributed by atoms with Crippen molar-refractivity contribution in [1.29, 1.82) is 0 Å². The normalized spacial score (nSPS) is 18.1. The molecule has 2 aromatic rings. The summed E-state index contributed by atoms with van der Waals surface area (Å²) in [4.78, 5) is 26.7. The van der Waals surface area contributed by atoms with Crippen molar-refractivity contribution in [1.82, 2.24) is 14.9 Å². The zero-order valence-corrected chi connectivity index (χ0v) is 18.9. The van der Waals surface area contributed by atoms with Gasteiger partial charge in [-0.2, -0.15) is 0 Å². The molecule has 1 unspecified atom stereocenters. The van der Waals surface area contributed by atoms with E-state index >= 15 is 0 Å². The largest absolute Gasteiger partial charge is 0.353 e. The second-order valence-electron chi connectivity index (χ2n) is 8.99. The first-order chi connectivity index (χ1) is 15.0. The molecular formula is C25H33FN4O. The van der Waals surface area contributed by atoms with Crippen LogP contribution in [0.15, 0.2) is 24.3 Å². The Kier molecular flexibility index (Phi) is 6.54. The molecule has 1 amide bonds. The fourth-order valence-electron chi connectivity index (χ4n) is 4.36. The van der Waals surface area contributed by atoms with Gasteiger partial charge in [-0.1, -0.05) is 38.5 Å². The Morgan fingerprint density at radius 1 is 1.16 bits per heavy atom. The van der Waals surface area contributed by atoms with E-state index in [-0.39, 0.29) is 17.7 Å². The van der Waals surface area contributed by atoms with E-state index in [4.69, 9.17) is 9.97 Å². The number of carbonyl (C=O) groups is 1. The summed E-state index contributed by atoms with van der Waals surface area (Å²) in [5, 5.41) is 0. The lowest BCUT2D eigenvalue weighted by molar-refractivity contribution is -0.138. The van der Waals surface area contributed by atoms with Crippen molar-refractivity contribution in [3.63, 3.8) is 0 Å². The molecule has 1 aliphatic carbocycles. The minimum absolute atomic E-state index is 0.199. The van der Waals surface area contributed by atoms with E-state index in [1.54, 1.807) is 6.07 Å². The van der Waals surface area contributed by atoms with Gasteiger partial charge in [-0.25, -0.2) is 14.4 Å². The van der Waals surface area contributed by atoms with E-state index in [0.717, 1.165) is 68.3 Å². The molecular weight excluding hydrogens is 391 g/mol. The maximum Gasteiger partial charge on any atom is 0.225 e. The number of aryl methyl sites for hydroxylation is 1. The second-order valence-corrected chi connectivity index (χ2v) is 8.99. The molecule has 1 aromatic heterocycles. The van der Waals surface area contributed by atoms with Crippen molar-refractivity contribution in [2.45, 2.75) is 58.8 Å². The Labute approximate surface area is 184 Å². The predicted octanol–water partition coefficient (Wildman–Crippen LogP) is 4.48. The number of hydrogen-bond donors (Lipinski definition) is 0. The average molecular weight is 425 g/mol. The number of carbonyl (C=O) groups excluding carboxylic acids is 1. The van der Waals surface area contributed by atoms with E-state index < -0.39 is 0 Å². The van der Waals surface area contributed by atoms with Crippen LogP contribution >= 0.6 is 0 Å². The Morgan fingerprint density at radius 3 is 2.48 bits per heavy atom. The number of benzene rings is 1. The van der Waals surface area contributed by atoms with Crippen LogP contribution in [0.5, 0.6) is 0 Å². The van der Waals surface area contributed by atoms with Crippen molar-refractivity contribution < 1.29 is 9.18 Å². The summed E-state index contributed by atoms with van der Waals surface area (Å²) in [6.07, 6.45) is 4.68. The summed E-state index contributed by atoms with van der Waals surface area (Å²) in [7, 11) is 0. The number of halogens is 1. The van der Waals surface area contributed by atoms with Crippen LogP contribution in [-0.4, -0.2) is 47.0 Å². The van der Waals surface area contributed by atoms with Crippen molar-refractivity contribution in [3.05, 3.63) is 52.7 Å². The molecule has 1 saturated carbocycles. The molecule has 0 bridgehead atoms. The second kappa shape index (κ2) is 9.33. The van der Waals surface area contributed by atoms with Gasteiger partial charge in [0.25, 0.3) is 0 Å². The lowest BCUT2D eigenvalue weighted by Gasteiger charge is -2.39. The first-order valence-corrected chi connectivity index (χ1v) is 11.6. The molecule has 0 spiro atoms. The van der Waals surface area contributed by atoms with Gasteiger partial charge in [-0.15, -0.1) is 0 Å². The number of piperazine rings is 1. The minimum Gasteiger partial charge on any atom is -0.353 e. The SMILES string of the molecule is CCC(C)c1nc(C)c(Cc2ccccc2F)c(N2CCN(C(=O)C3CCC3)CC2)n1. The highest BCUT2D eigenvalue weighted by molar-refractivity contribution is 5.80. The van der Waals surface area contributed by atoms with Crippen LogP contribution in [0.2, 0.25) is 0 Å². The van der Waals surface area contributed by atoms with E-state index in [1.807, 2.05) is 24.0 Å². The van der Waals surface area contributed by atoms with Crippen LogP contribution < -0.4 is 4.90 Å². The summed E-state index contributed by atoms with van der Waals surface area (Å²) >= 11 is 0. The third-order valence-electron chi connectivity index (χ3n) is 6.93. The van der Waals surface area contributed by atoms with Gasteiger partial charge >= 0.3 is 0 Å². The number of rotatable bonds is 6. The molecule has 1 saturated heterocycles. The first kappa shape index (κ1) is 21.7. The maximum absolute atomic E-state index is 14.4. The fourth-order valence-corrected chi connectivity index (χ4v) is 4.36. The molecule has 1 atom stereocenters. The topological polar surface area (TPSA) is 49.3 Å². The highest BCUT2D eigenvalue weighted by Gasteiger charge is 2.32. The smallest absolute Gasteiger partial charge is 0.225 e. The molecule has 2 heterocycles. The number of nitrogens with zero attached hydrogens (tertiary/aromatic N) is 4. The zero-order valence-electron chi connectivity index (χ0n) is 18.9. The molecule has 1 aliphatic heterocycles. The Bertz CT molecular complexity index is 935. The van der Waals surface area contributed by atoms with Crippen LogP contribution in [0.3, 0.4) is 0 Å². The molecule has 1 aromatic carbocycles. The summed E-state index contributed by atoms with van der Waals surface area (Å²) in [5.74, 6) is 2.37. The number of hydrogen-bond acceptors (Lipinski definition) is 4. The molecule has 2 fully saturated rings. The van der Waals surface area contributed by atoms with Crippen LogP contribution in [-0.2, 0) is 11.2 Å². The number of anilines is 1. The van der Waals surface area contributed by atoms with Gasteiger partial charge in [0, 0.05) is 55.7 Å². The van der Waals surface area contributed by atoms with Gasteiger partial charge in [-0.3, -0.25) is 4.79 Å².